The van der Waals surface area contributed by atoms with Crippen LogP contribution in [0.5, 0.6) is 0 Å². The second-order valence-electron chi connectivity index (χ2n) is 9.84. The van der Waals surface area contributed by atoms with Gasteiger partial charge in [-0.1, -0.05) is 27.7 Å². The zero-order valence-electron chi connectivity index (χ0n) is 17.4. The Bertz CT molecular complexity index is 543. The van der Waals surface area contributed by atoms with E-state index < -0.39 is 11.8 Å². The maximum Gasteiger partial charge on any atom is 0.245 e. The molecule has 1 aliphatic carbocycles. The predicted octanol–water partition coefficient (Wildman–Crippen LogP) is 2.85. The molecule has 1 spiro atoms. The molecule has 27 heavy (non-hydrogen) atoms. The first-order valence-corrected chi connectivity index (χ1v) is 10.6. The van der Waals surface area contributed by atoms with E-state index >= 15 is 0 Å². The van der Waals surface area contributed by atoms with E-state index in [0.717, 1.165) is 45.1 Å². The lowest BCUT2D eigenvalue weighted by atomic mass is 9.82. The van der Waals surface area contributed by atoms with Crippen molar-refractivity contribution in [3.05, 3.63) is 0 Å². The van der Waals surface area contributed by atoms with Crippen LogP contribution in [0.25, 0.3) is 0 Å². The number of hydrogen-bond donors (Lipinski definition) is 1. The molecule has 0 aromatic carbocycles. The van der Waals surface area contributed by atoms with E-state index in [-0.39, 0.29) is 23.3 Å². The molecule has 0 bridgehead atoms. The largest absolute Gasteiger partial charge is 0.376 e. The lowest BCUT2D eigenvalue weighted by Crippen LogP contribution is -2.57. The Kier molecular flexibility index (Phi) is 6.16. The average molecular weight is 381 g/mol. The Morgan fingerprint density at radius 3 is 2.48 bits per heavy atom. The van der Waals surface area contributed by atoms with Gasteiger partial charge in [-0.05, 0) is 49.9 Å². The van der Waals surface area contributed by atoms with Gasteiger partial charge in [0.05, 0.1) is 12.7 Å². The lowest BCUT2D eigenvalue weighted by Gasteiger charge is -2.43. The van der Waals surface area contributed by atoms with Crippen molar-refractivity contribution in [2.45, 2.75) is 90.5 Å². The highest BCUT2D eigenvalue weighted by Crippen LogP contribution is 2.43. The van der Waals surface area contributed by atoms with Crippen LogP contribution in [0.4, 0.5) is 0 Å². The fourth-order valence-corrected chi connectivity index (χ4v) is 4.53. The van der Waals surface area contributed by atoms with Crippen molar-refractivity contribution in [3.8, 4) is 0 Å². The van der Waals surface area contributed by atoms with Gasteiger partial charge in [-0.25, -0.2) is 0 Å². The van der Waals surface area contributed by atoms with Crippen LogP contribution in [0, 0.1) is 11.3 Å². The summed E-state index contributed by atoms with van der Waals surface area (Å²) in [6.45, 7) is 10.00. The molecule has 2 heterocycles. The summed E-state index contributed by atoms with van der Waals surface area (Å²) in [6, 6.07) is -0.533. The minimum absolute atomic E-state index is 0.0341. The normalized spacial score (nSPS) is 34.2. The van der Waals surface area contributed by atoms with Crippen LogP contribution in [0.15, 0.2) is 0 Å². The minimum atomic E-state index is -0.597. The Balaban J connectivity index is 1.72. The minimum Gasteiger partial charge on any atom is -0.376 e. The van der Waals surface area contributed by atoms with Crippen molar-refractivity contribution < 1.29 is 19.1 Å². The van der Waals surface area contributed by atoms with Crippen LogP contribution in [0.1, 0.15) is 72.6 Å². The maximum atomic E-state index is 13.2. The number of nitrogens with one attached hydrogen (secondary N) is 1. The smallest absolute Gasteiger partial charge is 0.245 e. The molecule has 2 amide bonds. The van der Waals surface area contributed by atoms with Crippen molar-refractivity contribution in [1.82, 2.24) is 10.2 Å². The molecule has 3 fully saturated rings. The molecule has 1 N–H and O–H groups in total. The molecule has 0 radical (unpaired) electrons. The third kappa shape index (κ3) is 4.83. The lowest BCUT2D eigenvalue weighted by molar-refractivity contribution is -0.163. The Hall–Kier alpha value is -1.14. The molecule has 0 aromatic heterocycles. The summed E-state index contributed by atoms with van der Waals surface area (Å²) >= 11 is 0. The van der Waals surface area contributed by atoms with Gasteiger partial charge in [0.1, 0.15) is 11.8 Å². The molecular formula is C21H36N2O4. The van der Waals surface area contributed by atoms with E-state index in [0.29, 0.717) is 25.5 Å². The summed E-state index contributed by atoms with van der Waals surface area (Å²) in [7, 11) is 0. The van der Waals surface area contributed by atoms with Crippen LogP contribution < -0.4 is 5.32 Å². The first kappa shape index (κ1) is 20.6. The van der Waals surface area contributed by atoms with Gasteiger partial charge in [0, 0.05) is 19.6 Å². The maximum absolute atomic E-state index is 13.2. The number of carbonyl (C=O) groups excluding carboxylic acids is 2. The standard InChI is InChI=1S/C21H36N2O4/c1-15-7-9-21(10-8-15)23(18(24)12-20(2,3)4)17(14-27-21)19(25)22-13-16-6-5-11-26-16/h15-17H,5-14H2,1-4H3,(H,22,25)/t15?,16-,17-,21?/m1/s1. The van der Waals surface area contributed by atoms with Crippen LogP contribution >= 0.6 is 0 Å². The first-order valence-electron chi connectivity index (χ1n) is 10.6. The number of ether oxygens (including phenoxy) is 2. The summed E-state index contributed by atoms with van der Waals surface area (Å²) in [5.74, 6) is 0.571. The second kappa shape index (κ2) is 8.08. The fraction of sp³-hybridized carbons (Fsp3) is 0.905. The number of rotatable bonds is 4. The average Bonchev–Trinajstić information content (AvgIpc) is 3.22. The Morgan fingerprint density at radius 1 is 1.19 bits per heavy atom. The van der Waals surface area contributed by atoms with Gasteiger partial charge >= 0.3 is 0 Å². The van der Waals surface area contributed by atoms with Gasteiger partial charge < -0.3 is 14.8 Å². The zero-order valence-corrected chi connectivity index (χ0v) is 17.4. The fourth-order valence-electron chi connectivity index (χ4n) is 4.53. The van der Waals surface area contributed by atoms with E-state index in [4.69, 9.17) is 9.47 Å². The topological polar surface area (TPSA) is 67.9 Å². The Labute approximate surface area is 163 Å². The molecule has 3 aliphatic rings. The highest BCUT2D eigenvalue weighted by molar-refractivity contribution is 5.89. The number of hydrogen-bond acceptors (Lipinski definition) is 4. The van der Waals surface area contributed by atoms with Gasteiger partial charge in [0.2, 0.25) is 11.8 Å². The molecular weight excluding hydrogens is 344 g/mol. The van der Waals surface area contributed by atoms with Crippen molar-refractivity contribution in [2.75, 3.05) is 19.8 Å². The van der Waals surface area contributed by atoms with Gasteiger partial charge in [-0.3, -0.25) is 14.5 Å². The van der Waals surface area contributed by atoms with Crippen molar-refractivity contribution in [3.63, 3.8) is 0 Å². The summed E-state index contributed by atoms with van der Waals surface area (Å²) < 4.78 is 11.8. The molecule has 0 aromatic rings. The summed E-state index contributed by atoms with van der Waals surface area (Å²) in [6.07, 6.45) is 6.25. The highest BCUT2D eigenvalue weighted by Gasteiger charge is 2.53. The van der Waals surface area contributed by atoms with Gasteiger partial charge in [-0.15, -0.1) is 0 Å². The first-order chi connectivity index (χ1) is 12.7. The summed E-state index contributed by atoms with van der Waals surface area (Å²) in [4.78, 5) is 28.0. The van der Waals surface area contributed by atoms with E-state index in [2.05, 4.69) is 33.0 Å². The quantitative estimate of drug-likeness (QED) is 0.814. The second-order valence-corrected chi connectivity index (χ2v) is 9.84. The molecule has 6 heteroatoms. The third-order valence-electron chi connectivity index (χ3n) is 6.10. The summed E-state index contributed by atoms with van der Waals surface area (Å²) in [5.41, 5.74) is -0.720. The van der Waals surface area contributed by atoms with E-state index in [9.17, 15) is 9.59 Å². The Morgan fingerprint density at radius 2 is 1.89 bits per heavy atom. The number of amides is 2. The molecule has 3 rings (SSSR count). The van der Waals surface area contributed by atoms with Gasteiger partial charge in [0.15, 0.2) is 0 Å². The monoisotopic (exact) mass is 380 g/mol. The molecule has 154 valence electrons. The molecule has 2 saturated heterocycles. The number of carbonyl (C=O) groups is 2. The molecule has 6 nitrogen and oxygen atoms in total. The highest BCUT2D eigenvalue weighted by atomic mass is 16.5. The van der Waals surface area contributed by atoms with E-state index in [1.807, 2.05) is 0 Å². The summed E-state index contributed by atoms with van der Waals surface area (Å²) in [5, 5.41) is 3.01. The molecule has 0 unspecified atom stereocenters. The van der Waals surface area contributed by atoms with Crippen molar-refractivity contribution >= 4 is 11.8 Å². The van der Waals surface area contributed by atoms with E-state index in [1.54, 1.807) is 4.90 Å². The zero-order chi connectivity index (χ0) is 19.7. The molecule has 1 saturated carbocycles. The van der Waals surface area contributed by atoms with Crippen LogP contribution in [-0.2, 0) is 19.1 Å². The van der Waals surface area contributed by atoms with Crippen molar-refractivity contribution in [1.29, 1.82) is 0 Å². The number of nitrogens with zero attached hydrogens (tertiary/aromatic N) is 1. The predicted molar refractivity (Wildman–Crippen MR) is 103 cm³/mol. The van der Waals surface area contributed by atoms with Gasteiger partial charge in [-0.2, -0.15) is 0 Å². The molecule has 2 aliphatic heterocycles. The third-order valence-corrected chi connectivity index (χ3v) is 6.10. The molecule has 2 atom stereocenters. The van der Waals surface area contributed by atoms with Crippen LogP contribution in [0.2, 0.25) is 0 Å². The van der Waals surface area contributed by atoms with E-state index in [1.165, 1.54) is 0 Å². The van der Waals surface area contributed by atoms with Crippen molar-refractivity contribution in [2.24, 2.45) is 11.3 Å². The van der Waals surface area contributed by atoms with Crippen LogP contribution in [0.3, 0.4) is 0 Å². The van der Waals surface area contributed by atoms with Crippen LogP contribution in [-0.4, -0.2) is 54.3 Å². The van der Waals surface area contributed by atoms with Gasteiger partial charge in [0.25, 0.3) is 0 Å². The SMILES string of the molecule is CC1CCC2(CC1)OC[C@H](C(=O)NC[C@H]1CCCO1)N2C(=O)CC(C)(C)C.